The van der Waals surface area contributed by atoms with Gasteiger partial charge in [0.15, 0.2) is 0 Å². The lowest BCUT2D eigenvalue weighted by atomic mass is 10.2. The zero-order valence-electron chi connectivity index (χ0n) is 11.9. The number of benzene rings is 1. The van der Waals surface area contributed by atoms with Crippen LogP contribution in [0.2, 0.25) is 0 Å². The average Bonchev–Trinajstić information content (AvgIpc) is 2.44. The first-order valence-corrected chi connectivity index (χ1v) is 8.86. The first-order chi connectivity index (χ1) is 11.6. The lowest BCUT2D eigenvalue weighted by molar-refractivity contribution is -0.0505. The van der Waals surface area contributed by atoms with E-state index in [2.05, 4.69) is 13.4 Å². The zero-order valence-corrected chi connectivity index (χ0v) is 13.5. The molecule has 0 radical (unpaired) electrons. The molecular formula is C11H5F6NO6S2. The fourth-order valence-corrected chi connectivity index (χ4v) is 2.38. The Hall–Kier alpha value is -2.29. The molecule has 0 amide bonds. The van der Waals surface area contributed by atoms with Gasteiger partial charge in [-0.25, -0.2) is 4.98 Å². The summed E-state index contributed by atoms with van der Waals surface area (Å²) >= 11 is 0. The van der Waals surface area contributed by atoms with Gasteiger partial charge >= 0.3 is 31.3 Å². The minimum Gasteiger partial charge on any atom is -0.376 e. The Morgan fingerprint density at radius 2 is 1.31 bits per heavy atom. The largest absolute Gasteiger partial charge is 0.534 e. The van der Waals surface area contributed by atoms with Gasteiger partial charge in [-0.3, -0.25) is 0 Å². The highest BCUT2D eigenvalue weighted by atomic mass is 32.2. The molecule has 0 N–H and O–H groups in total. The molecule has 0 aliphatic carbocycles. The summed E-state index contributed by atoms with van der Waals surface area (Å²) in [6, 6.07) is 4.06. The molecule has 0 aliphatic rings. The van der Waals surface area contributed by atoms with E-state index in [1.165, 1.54) is 0 Å². The van der Waals surface area contributed by atoms with Gasteiger partial charge in [0.1, 0.15) is 5.75 Å². The number of aromatic nitrogens is 1. The van der Waals surface area contributed by atoms with Crippen molar-refractivity contribution in [2.24, 2.45) is 0 Å². The van der Waals surface area contributed by atoms with Crippen LogP contribution in [0.1, 0.15) is 0 Å². The number of fused-ring (bicyclic) bond motifs is 1. The molecule has 0 unspecified atom stereocenters. The van der Waals surface area contributed by atoms with Crippen molar-refractivity contribution in [3.05, 3.63) is 30.3 Å². The second-order valence-corrected chi connectivity index (χ2v) is 7.55. The third kappa shape index (κ3) is 4.09. The summed E-state index contributed by atoms with van der Waals surface area (Å²) < 4.78 is 125. The van der Waals surface area contributed by atoms with Crippen LogP contribution in [-0.4, -0.2) is 32.8 Å². The number of hydrogen-bond acceptors (Lipinski definition) is 7. The van der Waals surface area contributed by atoms with E-state index in [0.717, 1.165) is 24.3 Å². The van der Waals surface area contributed by atoms with E-state index in [1.54, 1.807) is 0 Å². The summed E-state index contributed by atoms with van der Waals surface area (Å²) in [5, 5.41) is -0.0587. The lowest BCUT2D eigenvalue weighted by Gasteiger charge is -2.11. The van der Waals surface area contributed by atoms with Crippen molar-refractivity contribution in [2.75, 3.05) is 0 Å². The first-order valence-electron chi connectivity index (χ1n) is 6.05. The van der Waals surface area contributed by atoms with Crippen LogP contribution >= 0.6 is 0 Å². The smallest absolute Gasteiger partial charge is 0.376 e. The van der Waals surface area contributed by atoms with Crippen molar-refractivity contribution in [1.29, 1.82) is 0 Å². The molecule has 1 heterocycles. The van der Waals surface area contributed by atoms with Crippen molar-refractivity contribution in [3.8, 4) is 11.6 Å². The monoisotopic (exact) mass is 425 g/mol. The van der Waals surface area contributed by atoms with E-state index >= 15 is 0 Å². The van der Waals surface area contributed by atoms with Crippen LogP contribution in [0.4, 0.5) is 26.3 Å². The molecule has 0 saturated carbocycles. The standard InChI is InChI=1S/C11H5F6NO6S2/c12-10(13,14)25(19,20)23-7-2-3-8-6(5-7)1-4-9(18-8)24-26(21,22)11(15,16)17/h1-5H. The number of alkyl halides is 6. The van der Waals surface area contributed by atoms with Crippen LogP contribution in [0.25, 0.3) is 10.9 Å². The summed E-state index contributed by atoms with van der Waals surface area (Å²) in [5.41, 5.74) is -11.5. The van der Waals surface area contributed by atoms with E-state index < -0.39 is 42.9 Å². The Kier molecular flexibility index (Phi) is 4.74. The normalized spacial score (nSPS) is 13.6. The summed E-state index contributed by atoms with van der Waals surface area (Å²) in [6.45, 7) is 0. The predicted octanol–water partition coefficient (Wildman–Crippen LogP) is 2.69. The number of halogens is 6. The molecular weight excluding hydrogens is 420 g/mol. The van der Waals surface area contributed by atoms with E-state index in [1.807, 2.05) is 0 Å². The highest BCUT2D eigenvalue weighted by molar-refractivity contribution is 7.88. The Morgan fingerprint density at radius 3 is 1.85 bits per heavy atom. The van der Waals surface area contributed by atoms with E-state index in [-0.39, 0.29) is 10.9 Å². The molecule has 15 heteroatoms. The van der Waals surface area contributed by atoms with Gasteiger partial charge in [-0.05, 0) is 24.3 Å². The fraction of sp³-hybridized carbons (Fsp3) is 0.182. The summed E-state index contributed by atoms with van der Waals surface area (Å²) in [6.07, 6.45) is 0. The van der Waals surface area contributed by atoms with Gasteiger partial charge in [0.05, 0.1) is 5.52 Å². The SMILES string of the molecule is O=S(=O)(Oc1ccc2nc(OS(=O)(=O)C(F)(F)F)ccc2c1)C(F)(F)F. The number of pyridine rings is 1. The van der Waals surface area contributed by atoms with Crippen LogP contribution in [0.5, 0.6) is 11.6 Å². The molecule has 0 spiro atoms. The van der Waals surface area contributed by atoms with Crippen molar-refractivity contribution < 1.29 is 51.5 Å². The van der Waals surface area contributed by atoms with Crippen LogP contribution in [-0.2, 0) is 20.2 Å². The zero-order chi connectivity index (χ0) is 20.0. The van der Waals surface area contributed by atoms with Crippen molar-refractivity contribution in [1.82, 2.24) is 4.98 Å². The van der Waals surface area contributed by atoms with Gasteiger partial charge in [0.2, 0.25) is 5.88 Å². The van der Waals surface area contributed by atoms with Gasteiger partial charge in [-0.2, -0.15) is 43.2 Å². The van der Waals surface area contributed by atoms with Gasteiger partial charge in [-0.1, -0.05) is 0 Å². The van der Waals surface area contributed by atoms with E-state index in [4.69, 9.17) is 0 Å². The number of nitrogens with zero attached hydrogens (tertiary/aromatic N) is 1. The molecule has 1 aromatic heterocycles. The quantitative estimate of drug-likeness (QED) is 0.422. The molecule has 0 atom stereocenters. The highest BCUT2D eigenvalue weighted by Gasteiger charge is 2.49. The van der Waals surface area contributed by atoms with E-state index in [9.17, 15) is 43.2 Å². The Bertz CT molecular complexity index is 960. The van der Waals surface area contributed by atoms with Crippen LogP contribution < -0.4 is 8.37 Å². The minimum absolute atomic E-state index is 0.0587. The molecule has 0 fully saturated rings. The van der Waals surface area contributed by atoms with Crippen LogP contribution in [0.3, 0.4) is 0 Å². The predicted molar refractivity (Wildman–Crippen MR) is 72.9 cm³/mol. The summed E-state index contributed by atoms with van der Waals surface area (Å²) in [7, 11) is -11.9. The van der Waals surface area contributed by atoms with Crippen molar-refractivity contribution in [3.63, 3.8) is 0 Å². The molecule has 2 aromatic rings. The molecule has 0 aliphatic heterocycles. The Morgan fingerprint density at radius 1 is 0.769 bits per heavy atom. The summed E-state index contributed by atoms with van der Waals surface area (Å²) in [4.78, 5) is 3.43. The first kappa shape index (κ1) is 20.0. The number of hydrogen-bond donors (Lipinski definition) is 0. The average molecular weight is 425 g/mol. The minimum atomic E-state index is -5.96. The topological polar surface area (TPSA) is 99.6 Å². The Balaban J connectivity index is 2.34. The van der Waals surface area contributed by atoms with Gasteiger partial charge in [0, 0.05) is 11.5 Å². The Labute approximate surface area is 141 Å². The molecule has 26 heavy (non-hydrogen) atoms. The summed E-state index contributed by atoms with van der Waals surface area (Å²) in [5.74, 6) is -1.69. The second-order valence-electron chi connectivity index (χ2n) is 4.47. The maximum Gasteiger partial charge on any atom is 0.534 e. The molecule has 1 aromatic carbocycles. The van der Waals surface area contributed by atoms with E-state index in [0.29, 0.717) is 6.07 Å². The molecule has 0 saturated heterocycles. The molecule has 7 nitrogen and oxygen atoms in total. The maximum absolute atomic E-state index is 12.2. The van der Waals surface area contributed by atoms with Gasteiger partial charge in [-0.15, -0.1) is 0 Å². The molecule has 0 bridgehead atoms. The van der Waals surface area contributed by atoms with Crippen molar-refractivity contribution in [2.45, 2.75) is 11.0 Å². The fourth-order valence-electron chi connectivity index (χ4n) is 1.52. The van der Waals surface area contributed by atoms with Crippen LogP contribution in [0.15, 0.2) is 30.3 Å². The lowest BCUT2D eigenvalue weighted by Crippen LogP contribution is -2.28. The van der Waals surface area contributed by atoms with Gasteiger partial charge < -0.3 is 8.37 Å². The molecule has 144 valence electrons. The van der Waals surface area contributed by atoms with Crippen LogP contribution in [0, 0.1) is 0 Å². The highest BCUT2D eigenvalue weighted by Crippen LogP contribution is 2.30. The third-order valence-corrected chi connectivity index (χ3v) is 4.54. The maximum atomic E-state index is 12.2. The van der Waals surface area contributed by atoms with Crippen molar-refractivity contribution >= 4 is 31.1 Å². The second kappa shape index (κ2) is 6.15. The van der Waals surface area contributed by atoms with Gasteiger partial charge in [0.25, 0.3) is 0 Å². The third-order valence-electron chi connectivity index (χ3n) is 2.60. The number of rotatable bonds is 4. The molecule has 2 rings (SSSR count).